The van der Waals surface area contributed by atoms with E-state index in [1.54, 1.807) is 24.3 Å². The average molecular weight is 457 g/mol. The number of aromatic nitrogens is 1. The van der Waals surface area contributed by atoms with Crippen molar-refractivity contribution in [3.05, 3.63) is 83.6 Å². The van der Waals surface area contributed by atoms with E-state index >= 15 is 0 Å². The largest absolute Gasteiger partial charge is 0.457 e. The van der Waals surface area contributed by atoms with Crippen LogP contribution in [0.25, 0.3) is 0 Å². The molecule has 0 atom stereocenters. The molecule has 30 heavy (non-hydrogen) atoms. The van der Waals surface area contributed by atoms with E-state index in [1.807, 2.05) is 6.07 Å². The van der Waals surface area contributed by atoms with Crippen LogP contribution in [-0.2, 0) is 16.6 Å². The molecule has 5 nitrogen and oxygen atoms in total. The second kappa shape index (κ2) is 8.93. The fourth-order valence-electron chi connectivity index (χ4n) is 2.63. The summed E-state index contributed by atoms with van der Waals surface area (Å²) < 4.78 is 70.1. The Morgan fingerprint density at radius 1 is 0.933 bits per heavy atom. The minimum atomic E-state index is -4.90. The van der Waals surface area contributed by atoms with Gasteiger partial charge in [0, 0.05) is 11.8 Å². The molecule has 0 saturated heterocycles. The molecule has 0 aliphatic rings. The standard InChI is InChI=1S/C20H16ClF3N2O3S/c21-19-15(5-4-12-25-19)13-26(30(27,28)14-20(22,23)24)16-8-10-18(11-9-16)29-17-6-2-1-3-7-17/h1-12H,13-14H2. The number of para-hydroxylation sites is 1. The Labute approximate surface area is 176 Å². The van der Waals surface area contributed by atoms with Crippen LogP contribution >= 0.6 is 11.6 Å². The molecule has 0 amide bonds. The van der Waals surface area contributed by atoms with Crippen LogP contribution in [0.1, 0.15) is 5.56 Å². The number of hydrogen-bond donors (Lipinski definition) is 0. The molecule has 2 aromatic carbocycles. The van der Waals surface area contributed by atoms with E-state index in [0.29, 0.717) is 15.8 Å². The molecule has 0 unspecified atom stereocenters. The van der Waals surface area contributed by atoms with E-state index in [9.17, 15) is 21.6 Å². The fraction of sp³-hybridized carbons (Fsp3) is 0.150. The van der Waals surface area contributed by atoms with E-state index in [0.717, 1.165) is 0 Å². The first kappa shape index (κ1) is 21.9. The Bertz CT molecular complexity index is 1090. The number of hydrogen-bond acceptors (Lipinski definition) is 4. The zero-order chi connectivity index (χ0) is 21.8. The van der Waals surface area contributed by atoms with Gasteiger partial charge in [-0.15, -0.1) is 0 Å². The Morgan fingerprint density at radius 3 is 2.17 bits per heavy atom. The van der Waals surface area contributed by atoms with Gasteiger partial charge in [0.15, 0.2) is 5.75 Å². The number of ether oxygens (including phenoxy) is 1. The number of nitrogens with zero attached hydrogens (tertiary/aromatic N) is 2. The van der Waals surface area contributed by atoms with Crippen LogP contribution in [0.2, 0.25) is 5.15 Å². The molecule has 3 rings (SSSR count). The molecule has 0 radical (unpaired) electrons. The highest BCUT2D eigenvalue weighted by molar-refractivity contribution is 7.92. The summed E-state index contributed by atoms with van der Waals surface area (Å²) in [4.78, 5) is 3.85. The molecule has 1 aromatic heterocycles. The molecule has 1 heterocycles. The van der Waals surface area contributed by atoms with E-state index in [-0.39, 0.29) is 16.4 Å². The minimum Gasteiger partial charge on any atom is -0.457 e. The quantitative estimate of drug-likeness (QED) is 0.445. The van der Waals surface area contributed by atoms with Crippen molar-refractivity contribution in [2.24, 2.45) is 0 Å². The van der Waals surface area contributed by atoms with Gasteiger partial charge in [-0.2, -0.15) is 13.2 Å². The molecule has 0 aliphatic carbocycles. The molecule has 3 aromatic rings. The van der Waals surface area contributed by atoms with Gasteiger partial charge in [0.25, 0.3) is 0 Å². The number of anilines is 1. The lowest BCUT2D eigenvalue weighted by Crippen LogP contribution is -2.37. The second-order valence-electron chi connectivity index (χ2n) is 6.24. The van der Waals surface area contributed by atoms with Gasteiger partial charge < -0.3 is 4.74 Å². The Morgan fingerprint density at radius 2 is 1.57 bits per heavy atom. The number of benzene rings is 2. The van der Waals surface area contributed by atoms with Crippen LogP contribution < -0.4 is 9.04 Å². The van der Waals surface area contributed by atoms with Crippen LogP contribution in [0.4, 0.5) is 18.9 Å². The van der Waals surface area contributed by atoms with Crippen LogP contribution in [0.5, 0.6) is 11.5 Å². The molecule has 10 heteroatoms. The molecule has 0 spiro atoms. The second-order valence-corrected chi connectivity index (χ2v) is 8.49. The van der Waals surface area contributed by atoms with Crippen LogP contribution in [0.15, 0.2) is 72.9 Å². The number of pyridine rings is 1. The lowest BCUT2D eigenvalue weighted by Gasteiger charge is -2.25. The van der Waals surface area contributed by atoms with Crippen molar-refractivity contribution in [3.8, 4) is 11.5 Å². The van der Waals surface area contributed by atoms with Gasteiger partial charge in [-0.3, -0.25) is 4.31 Å². The van der Waals surface area contributed by atoms with E-state index in [4.69, 9.17) is 16.3 Å². The highest BCUT2D eigenvalue weighted by Crippen LogP contribution is 2.30. The summed E-state index contributed by atoms with van der Waals surface area (Å²) in [6.07, 6.45) is -3.50. The molecular formula is C20H16ClF3N2O3S. The maximum absolute atomic E-state index is 12.9. The molecule has 158 valence electrons. The van der Waals surface area contributed by atoms with Gasteiger partial charge in [-0.1, -0.05) is 35.9 Å². The zero-order valence-corrected chi connectivity index (χ0v) is 17.0. The van der Waals surface area contributed by atoms with Crippen LogP contribution in [-0.4, -0.2) is 25.3 Å². The smallest absolute Gasteiger partial charge is 0.404 e. The number of alkyl halides is 3. The van der Waals surface area contributed by atoms with E-state index in [1.165, 1.54) is 42.6 Å². The molecule has 0 bridgehead atoms. The van der Waals surface area contributed by atoms with Crippen molar-refractivity contribution < 1.29 is 26.3 Å². The normalized spacial score (nSPS) is 11.9. The summed E-state index contributed by atoms with van der Waals surface area (Å²) in [5.74, 6) is -1.04. The van der Waals surface area contributed by atoms with E-state index < -0.39 is 28.5 Å². The first-order valence-corrected chi connectivity index (χ1v) is 10.6. The molecule has 0 aliphatic heterocycles. The summed E-state index contributed by atoms with van der Waals surface area (Å²) in [6, 6.07) is 17.6. The summed E-state index contributed by atoms with van der Waals surface area (Å²) in [7, 11) is -4.74. The summed E-state index contributed by atoms with van der Waals surface area (Å²) in [5.41, 5.74) is 0.314. The fourth-order valence-corrected chi connectivity index (χ4v) is 4.16. The van der Waals surface area contributed by atoms with Gasteiger partial charge in [0.1, 0.15) is 16.7 Å². The predicted molar refractivity (Wildman–Crippen MR) is 108 cm³/mol. The first-order valence-electron chi connectivity index (χ1n) is 8.63. The third-order valence-electron chi connectivity index (χ3n) is 3.94. The Balaban J connectivity index is 1.92. The highest BCUT2D eigenvalue weighted by atomic mass is 35.5. The number of sulfonamides is 1. The van der Waals surface area contributed by atoms with Crippen molar-refractivity contribution in [2.45, 2.75) is 12.7 Å². The van der Waals surface area contributed by atoms with E-state index in [2.05, 4.69) is 4.98 Å². The van der Waals surface area contributed by atoms with Crippen molar-refractivity contribution in [2.75, 3.05) is 10.1 Å². The maximum Gasteiger partial charge on any atom is 0.404 e. The molecule has 0 saturated carbocycles. The monoisotopic (exact) mass is 456 g/mol. The van der Waals surface area contributed by atoms with Crippen molar-refractivity contribution in [1.82, 2.24) is 4.98 Å². The SMILES string of the molecule is O=S(=O)(CC(F)(F)F)N(Cc1cccnc1Cl)c1ccc(Oc2ccccc2)cc1. The van der Waals surface area contributed by atoms with Gasteiger partial charge in [-0.05, 0) is 42.5 Å². The highest BCUT2D eigenvalue weighted by Gasteiger charge is 2.38. The maximum atomic E-state index is 12.9. The first-order chi connectivity index (χ1) is 14.1. The number of halogens is 4. The molecular weight excluding hydrogens is 441 g/mol. The zero-order valence-electron chi connectivity index (χ0n) is 15.4. The molecule has 0 fully saturated rings. The van der Waals surface area contributed by atoms with Crippen LogP contribution in [0.3, 0.4) is 0 Å². The summed E-state index contributed by atoms with van der Waals surface area (Å²) in [6.45, 7) is -0.399. The predicted octanol–water partition coefficient (Wildman–Crippen LogP) is 5.43. The minimum absolute atomic E-state index is 0.00809. The third kappa shape index (κ3) is 5.87. The topological polar surface area (TPSA) is 59.5 Å². The van der Waals surface area contributed by atoms with Crippen molar-refractivity contribution >= 4 is 27.3 Å². The van der Waals surface area contributed by atoms with Gasteiger partial charge in [0.2, 0.25) is 10.0 Å². The average Bonchev–Trinajstić information content (AvgIpc) is 2.67. The van der Waals surface area contributed by atoms with Gasteiger partial charge in [0.05, 0.1) is 12.2 Å². The van der Waals surface area contributed by atoms with Crippen molar-refractivity contribution in [3.63, 3.8) is 0 Å². The van der Waals surface area contributed by atoms with Crippen LogP contribution in [0, 0.1) is 0 Å². The summed E-state index contributed by atoms with van der Waals surface area (Å²) >= 11 is 5.98. The van der Waals surface area contributed by atoms with Crippen molar-refractivity contribution in [1.29, 1.82) is 0 Å². The summed E-state index contributed by atoms with van der Waals surface area (Å²) in [5, 5.41) is 0.00809. The Hall–Kier alpha value is -2.78. The van der Waals surface area contributed by atoms with Gasteiger partial charge >= 0.3 is 6.18 Å². The Kier molecular flexibility index (Phi) is 6.52. The molecule has 0 N–H and O–H groups in total. The lowest BCUT2D eigenvalue weighted by molar-refractivity contribution is -0.106. The lowest BCUT2D eigenvalue weighted by atomic mass is 10.2. The number of rotatable bonds is 7. The third-order valence-corrected chi connectivity index (χ3v) is 5.98. The van der Waals surface area contributed by atoms with Gasteiger partial charge in [-0.25, -0.2) is 13.4 Å².